The zero-order valence-corrected chi connectivity index (χ0v) is 32.5. The van der Waals surface area contributed by atoms with Crippen LogP contribution in [0.15, 0.2) is 66.7 Å². The maximum absolute atomic E-state index is 12.8. The number of hydrogen-bond acceptors (Lipinski definition) is 14. The Morgan fingerprint density at radius 3 is 1.38 bits per heavy atom. The number of ether oxygens (including phenoxy) is 8. The van der Waals surface area contributed by atoms with E-state index in [1.165, 1.54) is 66.7 Å². The summed E-state index contributed by atoms with van der Waals surface area (Å²) in [6.45, 7) is 9.95. The van der Waals surface area contributed by atoms with E-state index in [1.807, 2.05) is 20.8 Å². The van der Waals surface area contributed by atoms with E-state index < -0.39 is 24.2 Å². The first-order valence-corrected chi connectivity index (χ1v) is 18.7. The molecule has 0 N–H and O–H groups in total. The fourth-order valence-corrected chi connectivity index (χ4v) is 4.81. The van der Waals surface area contributed by atoms with Gasteiger partial charge in [0, 0.05) is 0 Å². The van der Waals surface area contributed by atoms with Crippen molar-refractivity contribution in [3.8, 4) is 23.0 Å². The summed E-state index contributed by atoms with van der Waals surface area (Å²) in [7, 11) is 0. The summed E-state index contributed by atoms with van der Waals surface area (Å²) >= 11 is 0. The van der Waals surface area contributed by atoms with Gasteiger partial charge in [-0.15, -0.1) is 0 Å². The normalized spacial score (nSPS) is 11.2. The lowest BCUT2D eigenvalue weighted by molar-refractivity contribution is -0.149. The summed E-state index contributed by atoms with van der Waals surface area (Å²) < 4.78 is 41.8. The predicted octanol–water partition coefficient (Wildman–Crippen LogP) is 8.59. The van der Waals surface area contributed by atoms with E-state index in [1.54, 1.807) is 13.8 Å². The quantitative estimate of drug-likeness (QED) is 0.0330. The number of hydrogen-bond donors (Lipinski definition) is 0. The monoisotopic (exact) mass is 778 g/mol. The van der Waals surface area contributed by atoms with Crippen molar-refractivity contribution < 1.29 is 66.7 Å². The van der Waals surface area contributed by atoms with E-state index in [2.05, 4.69) is 0 Å². The third kappa shape index (κ3) is 15.4. The molecule has 0 aliphatic heterocycles. The first kappa shape index (κ1) is 44.5. The third-order valence-corrected chi connectivity index (χ3v) is 8.48. The fourth-order valence-electron chi connectivity index (χ4n) is 4.81. The summed E-state index contributed by atoms with van der Waals surface area (Å²) in [5.74, 6) is -1.27. The van der Waals surface area contributed by atoms with Crippen LogP contribution in [0.4, 0.5) is 9.59 Å². The first-order valence-electron chi connectivity index (χ1n) is 18.7. The average molecular weight is 779 g/mol. The molecule has 3 aromatic carbocycles. The minimum atomic E-state index is -0.908. The molecule has 302 valence electrons. The Morgan fingerprint density at radius 1 is 0.500 bits per heavy atom. The molecular weight excluding hydrogens is 728 g/mol. The number of aryl methyl sites for hydroxylation is 1. The third-order valence-electron chi connectivity index (χ3n) is 8.48. The van der Waals surface area contributed by atoms with Crippen LogP contribution in [-0.4, -0.2) is 62.6 Å². The molecule has 1 atom stereocenters. The topological polar surface area (TPSA) is 176 Å². The molecule has 0 aromatic heterocycles. The van der Waals surface area contributed by atoms with Crippen LogP contribution in [0.3, 0.4) is 0 Å². The Labute approximate surface area is 326 Å². The summed E-state index contributed by atoms with van der Waals surface area (Å²) in [6.07, 6.45) is 2.42. The van der Waals surface area contributed by atoms with Gasteiger partial charge in [0.05, 0.1) is 49.4 Å². The highest BCUT2D eigenvalue weighted by Crippen LogP contribution is 2.26. The van der Waals surface area contributed by atoms with Gasteiger partial charge >= 0.3 is 36.2 Å². The van der Waals surface area contributed by atoms with Gasteiger partial charge in [0.15, 0.2) is 0 Å². The summed E-state index contributed by atoms with van der Waals surface area (Å²) in [5.41, 5.74) is 0.907. The molecule has 0 heterocycles. The van der Waals surface area contributed by atoms with Crippen LogP contribution in [-0.2, 0) is 28.5 Å². The van der Waals surface area contributed by atoms with Gasteiger partial charge in [0.1, 0.15) is 23.0 Å². The van der Waals surface area contributed by atoms with Gasteiger partial charge in [0.2, 0.25) is 0 Å². The second-order valence-corrected chi connectivity index (χ2v) is 12.7. The van der Waals surface area contributed by atoms with Crippen LogP contribution < -0.4 is 18.9 Å². The molecule has 0 amide bonds. The van der Waals surface area contributed by atoms with Gasteiger partial charge in [-0.25, -0.2) is 19.2 Å². The molecule has 3 aromatic rings. The first-order chi connectivity index (χ1) is 26.9. The van der Waals surface area contributed by atoms with Crippen LogP contribution in [0, 0.1) is 18.8 Å². The summed E-state index contributed by atoms with van der Waals surface area (Å²) in [4.78, 5) is 73.2. The second-order valence-electron chi connectivity index (χ2n) is 12.7. The maximum Gasteiger partial charge on any atom is 0.513 e. The molecule has 0 aliphatic carbocycles. The van der Waals surface area contributed by atoms with E-state index in [-0.39, 0.29) is 84.3 Å². The highest BCUT2D eigenvalue weighted by atomic mass is 16.7. The lowest BCUT2D eigenvalue weighted by Gasteiger charge is -2.12. The Kier molecular flexibility index (Phi) is 18.9. The molecule has 1 unspecified atom stereocenters. The van der Waals surface area contributed by atoms with Crippen molar-refractivity contribution >= 4 is 36.2 Å². The molecule has 0 radical (unpaired) electrons. The molecule has 0 bridgehead atoms. The van der Waals surface area contributed by atoms with Gasteiger partial charge in [-0.1, -0.05) is 27.7 Å². The summed E-state index contributed by atoms with van der Waals surface area (Å²) in [5, 5.41) is 0. The minimum absolute atomic E-state index is 0.0910. The van der Waals surface area contributed by atoms with Gasteiger partial charge in [-0.05, 0) is 124 Å². The predicted molar refractivity (Wildman–Crippen MR) is 202 cm³/mol. The van der Waals surface area contributed by atoms with Crippen molar-refractivity contribution in [2.75, 3.05) is 26.4 Å². The van der Waals surface area contributed by atoms with Gasteiger partial charge in [-0.3, -0.25) is 9.59 Å². The molecule has 0 aliphatic rings. The molecule has 0 spiro atoms. The smallest absolute Gasteiger partial charge is 0.465 e. The van der Waals surface area contributed by atoms with Gasteiger partial charge in [0.25, 0.3) is 0 Å². The van der Waals surface area contributed by atoms with Crippen LogP contribution in [0.5, 0.6) is 23.0 Å². The van der Waals surface area contributed by atoms with Crippen LogP contribution in [0.1, 0.15) is 98.9 Å². The Balaban J connectivity index is 1.37. The molecule has 3 rings (SSSR count). The molecule has 0 fully saturated rings. The average Bonchev–Trinajstić information content (AvgIpc) is 3.19. The zero-order valence-electron chi connectivity index (χ0n) is 32.5. The molecule has 14 nitrogen and oxygen atoms in total. The second kappa shape index (κ2) is 23.8. The van der Waals surface area contributed by atoms with Crippen molar-refractivity contribution in [3.05, 3.63) is 83.4 Å². The zero-order chi connectivity index (χ0) is 40.9. The molecule has 14 heteroatoms. The van der Waals surface area contributed by atoms with Crippen LogP contribution in [0.25, 0.3) is 0 Å². The standard InChI is InChI=1S/C42H50O14/c1-6-28(4)37(43)49-23-9-11-25-51-41(47)54-33-17-13-31(14-18-33)39(45)53-35-21-22-36(29(5)27-35)56-40(46)32-15-19-34(20-16-32)55-42(48)52-26-12-10-24-50-38(44)30(7-2)8-3/h13-22,27-28,30H,6-12,23-26H2,1-5H3. The van der Waals surface area contributed by atoms with E-state index in [4.69, 9.17) is 37.9 Å². The SMILES string of the molecule is CCC(C)C(=O)OCCCCOC(=O)Oc1ccc(C(=O)Oc2ccc(OC(=O)c3ccc(OC(=O)OCCCCOC(=O)C(CC)CC)cc3)c(C)c2)cc1. The van der Waals surface area contributed by atoms with Crippen LogP contribution >= 0.6 is 0 Å². The van der Waals surface area contributed by atoms with Gasteiger partial charge < -0.3 is 37.9 Å². The van der Waals surface area contributed by atoms with Crippen molar-refractivity contribution in [3.63, 3.8) is 0 Å². The number of esters is 4. The number of unbranched alkanes of at least 4 members (excludes halogenated alkanes) is 2. The van der Waals surface area contributed by atoms with Crippen molar-refractivity contribution in [1.82, 2.24) is 0 Å². The largest absolute Gasteiger partial charge is 0.513 e. The lowest BCUT2D eigenvalue weighted by atomic mass is 10.0. The van der Waals surface area contributed by atoms with E-state index in [0.717, 1.165) is 12.8 Å². The Morgan fingerprint density at radius 2 is 0.929 bits per heavy atom. The van der Waals surface area contributed by atoms with E-state index >= 15 is 0 Å². The van der Waals surface area contributed by atoms with Crippen molar-refractivity contribution in [2.24, 2.45) is 11.8 Å². The lowest BCUT2D eigenvalue weighted by Crippen LogP contribution is -2.17. The molecule has 0 saturated carbocycles. The van der Waals surface area contributed by atoms with E-state index in [9.17, 15) is 28.8 Å². The van der Waals surface area contributed by atoms with Gasteiger partial charge in [-0.2, -0.15) is 0 Å². The minimum Gasteiger partial charge on any atom is -0.465 e. The van der Waals surface area contributed by atoms with Crippen molar-refractivity contribution in [1.29, 1.82) is 0 Å². The maximum atomic E-state index is 12.8. The summed E-state index contributed by atoms with van der Waals surface area (Å²) in [6, 6.07) is 15.9. The number of carbonyl (C=O) groups excluding carboxylic acids is 6. The molecule has 56 heavy (non-hydrogen) atoms. The highest BCUT2D eigenvalue weighted by Gasteiger charge is 2.17. The Bertz CT molecular complexity index is 1750. The Hall–Kier alpha value is -5.92. The molecular formula is C42H50O14. The highest BCUT2D eigenvalue weighted by molar-refractivity contribution is 5.92. The van der Waals surface area contributed by atoms with Crippen LogP contribution in [0.2, 0.25) is 0 Å². The van der Waals surface area contributed by atoms with Crippen molar-refractivity contribution in [2.45, 2.75) is 79.6 Å². The number of rotatable bonds is 21. The number of carbonyl (C=O) groups is 6. The van der Waals surface area contributed by atoms with E-state index in [0.29, 0.717) is 37.7 Å². The number of benzene rings is 3. The fraction of sp³-hybridized carbons (Fsp3) is 0.429. The molecule has 0 saturated heterocycles.